The molecule has 0 amide bonds. The lowest BCUT2D eigenvalue weighted by Crippen LogP contribution is -2.41. The quantitative estimate of drug-likeness (QED) is 0.812. The van der Waals surface area contributed by atoms with E-state index in [4.69, 9.17) is 9.72 Å². The Morgan fingerprint density at radius 1 is 1.24 bits per heavy atom. The number of morpholine rings is 1. The Labute approximate surface area is 172 Å². The minimum atomic E-state index is -0.0922. The highest BCUT2D eigenvalue weighted by Crippen LogP contribution is 2.19. The van der Waals surface area contributed by atoms with E-state index < -0.39 is 0 Å². The molecule has 5 heteroatoms. The molecule has 1 fully saturated rings. The molecule has 0 radical (unpaired) electrons. The van der Waals surface area contributed by atoms with Crippen LogP contribution in [0.15, 0.2) is 30.3 Å². The maximum Gasteiger partial charge on any atom is 0.0712 e. The Morgan fingerprint density at radius 2 is 2.03 bits per heavy atom. The molecule has 2 aromatic rings. The summed E-state index contributed by atoms with van der Waals surface area (Å²) in [4.78, 5) is 7.37. The third-order valence-electron chi connectivity index (χ3n) is 5.69. The van der Waals surface area contributed by atoms with Gasteiger partial charge >= 0.3 is 0 Å². The smallest absolute Gasteiger partial charge is 0.0712 e. The van der Waals surface area contributed by atoms with Gasteiger partial charge in [0.2, 0.25) is 0 Å². The minimum Gasteiger partial charge on any atom is -0.379 e. The Balaban J connectivity index is 1.71. The lowest BCUT2D eigenvalue weighted by molar-refractivity contribution is 0.0340. The molecule has 1 aliphatic heterocycles. The normalized spacial score (nSPS) is 19.0. The van der Waals surface area contributed by atoms with E-state index in [9.17, 15) is 5.26 Å². The molecule has 150 valence electrons. The summed E-state index contributed by atoms with van der Waals surface area (Å²) in [7, 11) is 1.98. The molecule has 1 aromatic heterocycles. The van der Waals surface area contributed by atoms with E-state index in [0.29, 0.717) is 0 Å². The van der Waals surface area contributed by atoms with Crippen LogP contribution in [0.4, 0.5) is 0 Å². The van der Waals surface area contributed by atoms with Crippen molar-refractivity contribution in [2.45, 2.75) is 19.4 Å². The highest BCUT2D eigenvalue weighted by atomic mass is 16.5. The van der Waals surface area contributed by atoms with Crippen molar-refractivity contribution in [3.05, 3.63) is 52.0 Å². The molecule has 1 saturated heterocycles. The van der Waals surface area contributed by atoms with Crippen LogP contribution >= 0.6 is 0 Å². The predicted octanol–water partition coefficient (Wildman–Crippen LogP) is 1.45. The number of hydrogen-bond acceptors (Lipinski definition) is 5. The van der Waals surface area contributed by atoms with Gasteiger partial charge in [-0.2, -0.15) is 5.26 Å². The van der Waals surface area contributed by atoms with E-state index in [1.165, 1.54) is 16.3 Å². The van der Waals surface area contributed by atoms with Crippen LogP contribution < -0.4 is 15.9 Å². The Hall–Kier alpha value is -2.52. The second-order valence-electron chi connectivity index (χ2n) is 7.75. The van der Waals surface area contributed by atoms with Crippen molar-refractivity contribution >= 4 is 12.2 Å². The number of ether oxygens (including phenoxy) is 1. The Morgan fingerprint density at radius 3 is 2.76 bits per heavy atom. The zero-order chi connectivity index (χ0) is 20.1. The van der Waals surface area contributed by atoms with E-state index in [0.717, 1.165) is 68.8 Å². The number of hydrogen-bond donors (Lipinski definition) is 1. The van der Waals surface area contributed by atoms with E-state index in [-0.39, 0.29) is 5.92 Å². The molecule has 2 heterocycles. The summed E-state index contributed by atoms with van der Waals surface area (Å²) in [5.74, 6) is -0.0922. The van der Waals surface area contributed by atoms with Gasteiger partial charge in [0.25, 0.3) is 0 Å². The van der Waals surface area contributed by atoms with E-state index >= 15 is 0 Å². The third-order valence-corrected chi connectivity index (χ3v) is 5.69. The standard InChI is InChI=1S/C24H28N4O/c1-26-9-8-18-2-5-20(6-3-18)23-15-21(17-28-10-12-29-13-11-28)22-7-4-19(16-25)14-24(22)27-23/h2-3,5-7,14-15,19,26H,4,8-13,17H2,1H3. The van der Waals surface area contributed by atoms with Gasteiger partial charge in [-0.15, -0.1) is 0 Å². The number of benzene rings is 1. The number of nitriles is 1. The van der Waals surface area contributed by atoms with E-state index in [1.54, 1.807) is 0 Å². The zero-order valence-electron chi connectivity index (χ0n) is 17.0. The van der Waals surface area contributed by atoms with Gasteiger partial charge in [-0.3, -0.25) is 4.90 Å². The molecule has 1 aliphatic carbocycles. The molecule has 2 aliphatic rings. The fraction of sp³-hybridized carbons (Fsp3) is 0.417. The van der Waals surface area contributed by atoms with Crippen molar-refractivity contribution in [3.8, 4) is 17.3 Å². The highest BCUT2D eigenvalue weighted by molar-refractivity contribution is 5.61. The first-order valence-corrected chi connectivity index (χ1v) is 10.4. The fourth-order valence-electron chi connectivity index (χ4n) is 3.98. The van der Waals surface area contributed by atoms with Crippen molar-refractivity contribution < 1.29 is 4.74 Å². The topological polar surface area (TPSA) is 61.2 Å². The van der Waals surface area contributed by atoms with Gasteiger partial charge in [0.15, 0.2) is 0 Å². The number of nitrogens with one attached hydrogen (secondary N) is 1. The van der Waals surface area contributed by atoms with Crippen LogP contribution in [-0.4, -0.2) is 49.8 Å². The summed E-state index contributed by atoms with van der Waals surface area (Å²) in [5.41, 5.74) is 4.71. The maximum absolute atomic E-state index is 9.38. The first-order valence-electron chi connectivity index (χ1n) is 10.4. The van der Waals surface area contributed by atoms with E-state index in [1.807, 2.05) is 13.1 Å². The molecular formula is C24H28N4O. The molecule has 5 nitrogen and oxygen atoms in total. The SMILES string of the molecule is CNCCc1ccc(-c2cc(CN3CCOCC3)c3c(n2)=CC(C#N)CC=3)cc1. The molecule has 29 heavy (non-hydrogen) atoms. The van der Waals surface area contributed by atoms with Gasteiger partial charge in [-0.1, -0.05) is 30.3 Å². The Kier molecular flexibility index (Phi) is 6.36. The number of pyridine rings is 1. The van der Waals surface area contributed by atoms with Crippen LogP contribution in [0.25, 0.3) is 23.4 Å². The first-order chi connectivity index (χ1) is 14.3. The van der Waals surface area contributed by atoms with Crippen molar-refractivity contribution in [1.29, 1.82) is 5.26 Å². The average Bonchev–Trinajstić information content (AvgIpc) is 2.78. The van der Waals surface area contributed by atoms with Crippen molar-refractivity contribution in [2.24, 2.45) is 5.92 Å². The van der Waals surface area contributed by atoms with Gasteiger partial charge in [-0.25, -0.2) is 4.98 Å². The number of nitrogens with zero attached hydrogens (tertiary/aromatic N) is 3. The minimum absolute atomic E-state index is 0.0922. The molecule has 1 unspecified atom stereocenters. The summed E-state index contributed by atoms with van der Waals surface area (Å²) in [5, 5.41) is 14.7. The molecule has 0 saturated carbocycles. The van der Waals surface area contributed by atoms with Gasteiger partial charge in [0.05, 0.1) is 36.2 Å². The second kappa shape index (κ2) is 9.32. The summed E-state index contributed by atoms with van der Waals surface area (Å²) in [6.45, 7) is 5.36. The largest absolute Gasteiger partial charge is 0.379 e. The van der Waals surface area contributed by atoms with Gasteiger partial charge in [0.1, 0.15) is 0 Å². The maximum atomic E-state index is 9.38. The number of aromatic nitrogens is 1. The van der Waals surface area contributed by atoms with Crippen molar-refractivity contribution in [1.82, 2.24) is 15.2 Å². The predicted molar refractivity (Wildman–Crippen MR) is 115 cm³/mol. The van der Waals surface area contributed by atoms with Crippen LogP contribution in [0.1, 0.15) is 17.5 Å². The van der Waals surface area contributed by atoms with Crippen molar-refractivity contribution in [3.63, 3.8) is 0 Å². The molecule has 1 atom stereocenters. The first kappa shape index (κ1) is 19.8. The monoisotopic (exact) mass is 388 g/mol. The lowest BCUT2D eigenvalue weighted by atomic mass is 9.97. The summed E-state index contributed by atoms with van der Waals surface area (Å²) < 4.78 is 5.50. The summed E-state index contributed by atoms with van der Waals surface area (Å²) in [6, 6.07) is 13.3. The molecule has 1 aromatic carbocycles. The fourth-order valence-corrected chi connectivity index (χ4v) is 3.98. The second-order valence-corrected chi connectivity index (χ2v) is 7.75. The molecule has 4 rings (SSSR count). The van der Waals surface area contributed by atoms with Crippen LogP contribution in [0.5, 0.6) is 0 Å². The summed E-state index contributed by atoms with van der Waals surface area (Å²) >= 11 is 0. The van der Waals surface area contributed by atoms with Crippen molar-refractivity contribution in [2.75, 3.05) is 39.9 Å². The van der Waals surface area contributed by atoms with Crippen LogP contribution in [-0.2, 0) is 17.7 Å². The van der Waals surface area contributed by atoms with Crippen LogP contribution in [0.2, 0.25) is 0 Å². The lowest BCUT2D eigenvalue weighted by Gasteiger charge is -2.27. The van der Waals surface area contributed by atoms with Gasteiger partial charge < -0.3 is 10.1 Å². The summed E-state index contributed by atoms with van der Waals surface area (Å²) in [6.07, 6.45) is 6.00. The number of fused-ring (bicyclic) bond motifs is 1. The van der Waals surface area contributed by atoms with Gasteiger partial charge in [0, 0.05) is 30.4 Å². The Bertz CT molecular complexity index is 1000. The average molecular weight is 389 g/mol. The molecule has 0 spiro atoms. The molecule has 0 bridgehead atoms. The number of rotatable bonds is 6. The molecule has 1 N–H and O–H groups in total. The van der Waals surface area contributed by atoms with Gasteiger partial charge in [-0.05, 0) is 49.7 Å². The molecular weight excluding hydrogens is 360 g/mol. The zero-order valence-corrected chi connectivity index (χ0v) is 17.0. The van der Waals surface area contributed by atoms with Crippen LogP contribution in [0.3, 0.4) is 0 Å². The highest BCUT2D eigenvalue weighted by Gasteiger charge is 2.16. The van der Waals surface area contributed by atoms with Crippen LogP contribution in [0, 0.1) is 17.2 Å². The number of likely N-dealkylation sites (N-methyl/N-ethyl adjacent to an activating group) is 1. The van der Waals surface area contributed by atoms with E-state index in [2.05, 4.69) is 52.7 Å². The third kappa shape index (κ3) is 4.73.